The van der Waals surface area contributed by atoms with Crippen molar-refractivity contribution in [2.24, 2.45) is 4.99 Å². The van der Waals surface area contributed by atoms with Crippen LogP contribution in [-0.4, -0.2) is 53.2 Å². The van der Waals surface area contributed by atoms with Gasteiger partial charge in [0.25, 0.3) is 0 Å². The highest BCUT2D eigenvalue weighted by molar-refractivity contribution is 8.15. The Kier molecular flexibility index (Phi) is 5.59. The number of hydrogen-bond acceptors (Lipinski definition) is 6. The summed E-state index contributed by atoms with van der Waals surface area (Å²) in [5.74, 6) is -1.80. The van der Waals surface area contributed by atoms with Crippen LogP contribution < -0.4 is 5.11 Å². The largest absolute Gasteiger partial charge is 0.550 e. The Bertz CT molecular complexity index is 854. The van der Waals surface area contributed by atoms with Gasteiger partial charge < -0.3 is 14.8 Å². The summed E-state index contributed by atoms with van der Waals surface area (Å²) in [6.07, 6.45) is -0.631. The molecular formula is C16H16ClN2O5S2-. The van der Waals surface area contributed by atoms with Gasteiger partial charge in [-0.15, -0.1) is 0 Å². The third-order valence-electron chi connectivity index (χ3n) is 4.20. The Morgan fingerprint density at radius 3 is 2.58 bits per heavy atom. The second-order valence-electron chi connectivity index (χ2n) is 6.22. The lowest BCUT2D eigenvalue weighted by atomic mass is 10.1. The number of aliphatic imine (C=N–C) groups is 1. The molecule has 0 saturated carbocycles. The number of carbonyl (C=O) groups excluding carboxylic acids is 2. The second kappa shape index (κ2) is 7.58. The molecule has 0 bridgehead atoms. The average molecular weight is 416 g/mol. The number of thioether (sulfide) groups is 1. The van der Waals surface area contributed by atoms with Gasteiger partial charge in [0.15, 0.2) is 15.0 Å². The van der Waals surface area contributed by atoms with Crippen LogP contribution in [0.5, 0.6) is 0 Å². The Balaban J connectivity index is 1.82. The predicted molar refractivity (Wildman–Crippen MR) is 97.5 cm³/mol. The zero-order chi connectivity index (χ0) is 18.9. The molecule has 0 N–H and O–H groups in total. The van der Waals surface area contributed by atoms with Gasteiger partial charge in [-0.25, -0.2) is 8.42 Å². The van der Waals surface area contributed by atoms with E-state index in [1.807, 2.05) is 17.0 Å². The zero-order valence-electron chi connectivity index (χ0n) is 13.6. The first-order valence-corrected chi connectivity index (χ1v) is 11.0. The van der Waals surface area contributed by atoms with E-state index in [-0.39, 0.29) is 29.2 Å². The molecule has 2 heterocycles. The number of benzene rings is 1. The van der Waals surface area contributed by atoms with Crippen LogP contribution in [0.4, 0.5) is 0 Å². The molecule has 0 spiro atoms. The number of carboxylic acids is 1. The predicted octanol–water partition coefficient (Wildman–Crippen LogP) is 0.467. The van der Waals surface area contributed by atoms with Crippen LogP contribution in [0.2, 0.25) is 5.02 Å². The summed E-state index contributed by atoms with van der Waals surface area (Å²) in [5.41, 5.74) is 0.912. The maximum absolute atomic E-state index is 12.0. The van der Waals surface area contributed by atoms with Crippen molar-refractivity contribution < 1.29 is 23.1 Å². The standard InChI is InChI=1S/C16H17ClN2O5S2/c17-11-3-1-10(2-4-11)7-19-12-8-26(23,24)9-13(12)25-16(19)18-14(20)5-6-15(21)22/h1-4,12-13H,5-9H2,(H,21,22)/p-1/t12-,13-/m1/s1. The highest BCUT2D eigenvalue weighted by Gasteiger charge is 2.48. The maximum Gasteiger partial charge on any atom is 0.248 e. The first-order valence-electron chi connectivity index (χ1n) is 7.93. The number of aliphatic carboxylic acids is 1. The molecule has 10 heteroatoms. The van der Waals surface area contributed by atoms with Gasteiger partial charge in [0.1, 0.15) is 0 Å². The van der Waals surface area contributed by atoms with Crippen LogP contribution >= 0.6 is 23.4 Å². The molecular weight excluding hydrogens is 400 g/mol. The Morgan fingerprint density at radius 1 is 1.23 bits per heavy atom. The fourth-order valence-corrected chi connectivity index (χ4v) is 7.07. The third kappa shape index (κ3) is 4.57. The van der Waals surface area contributed by atoms with E-state index in [4.69, 9.17) is 11.6 Å². The summed E-state index contributed by atoms with van der Waals surface area (Å²) in [6.45, 7) is 0.396. The lowest BCUT2D eigenvalue weighted by Gasteiger charge is -2.24. The van der Waals surface area contributed by atoms with E-state index >= 15 is 0 Å². The van der Waals surface area contributed by atoms with Gasteiger partial charge in [-0.05, 0) is 24.1 Å². The van der Waals surface area contributed by atoms with Gasteiger partial charge in [0.2, 0.25) is 5.91 Å². The monoisotopic (exact) mass is 415 g/mol. The minimum atomic E-state index is -3.12. The number of rotatable bonds is 5. The van der Waals surface area contributed by atoms with Gasteiger partial charge in [-0.1, -0.05) is 35.5 Å². The lowest BCUT2D eigenvalue weighted by Crippen LogP contribution is -2.37. The van der Waals surface area contributed by atoms with Crippen LogP contribution in [0.1, 0.15) is 18.4 Å². The van der Waals surface area contributed by atoms with Gasteiger partial charge in [-0.3, -0.25) is 4.79 Å². The summed E-state index contributed by atoms with van der Waals surface area (Å²) in [4.78, 5) is 28.3. The van der Waals surface area contributed by atoms with E-state index in [1.165, 1.54) is 11.8 Å². The summed E-state index contributed by atoms with van der Waals surface area (Å²) >= 11 is 7.16. The van der Waals surface area contributed by atoms with Crippen molar-refractivity contribution in [3.05, 3.63) is 34.9 Å². The van der Waals surface area contributed by atoms with E-state index in [9.17, 15) is 23.1 Å². The number of carboxylic acid groups (broad SMARTS) is 1. The fraction of sp³-hybridized carbons (Fsp3) is 0.438. The first kappa shape index (κ1) is 19.2. The van der Waals surface area contributed by atoms with Crippen molar-refractivity contribution >= 4 is 50.2 Å². The number of hydrogen-bond donors (Lipinski definition) is 0. The quantitative estimate of drug-likeness (QED) is 0.687. The second-order valence-corrected chi connectivity index (χ2v) is 10.0. The first-order chi connectivity index (χ1) is 12.2. The zero-order valence-corrected chi connectivity index (χ0v) is 16.0. The van der Waals surface area contributed by atoms with Gasteiger partial charge in [-0.2, -0.15) is 4.99 Å². The molecule has 2 saturated heterocycles. The number of amides is 1. The number of sulfone groups is 1. The molecule has 0 radical (unpaired) electrons. The molecule has 1 amide bonds. The van der Waals surface area contributed by atoms with Crippen molar-refractivity contribution in [2.45, 2.75) is 30.7 Å². The number of amidine groups is 1. The SMILES string of the molecule is O=C([O-])CCC(=O)N=C1S[C@@H]2CS(=O)(=O)C[C@H]2N1Cc1ccc(Cl)cc1. The van der Waals surface area contributed by atoms with Crippen molar-refractivity contribution in [3.8, 4) is 0 Å². The maximum atomic E-state index is 12.0. The van der Waals surface area contributed by atoms with Crippen molar-refractivity contribution in [3.63, 3.8) is 0 Å². The molecule has 2 aliphatic rings. The van der Waals surface area contributed by atoms with E-state index < -0.39 is 28.1 Å². The van der Waals surface area contributed by atoms with Crippen LogP contribution in [0, 0.1) is 0 Å². The van der Waals surface area contributed by atoms with E-state index in [0.717, 1.165) is 5.56 Å². The molecule has 7 nitrogen and oxygen atoms in total. The van der Waals surface area contributed by atoms with Crippen molar-refractivity contribution in [1.82, 2.24) is 4.90 Å². The molecule has 2 aliphatic heterocycles. The fourth-order valence-electron chi connectivity index (χ4n) is 2.98. The van der Waals surface area contributed by atoms with Crippen LogP contribution in [0.15, 0.2) is 29.3 Å². The molecule has 26 heavy (non-hydrogen) atoms. The van der Waals surface area contributed by atoms with E-state index in [1.54, 1.807) is 12.1 Å². The Hall–Kier alpha value is -1.58. The summed E-state index contributed by atoms with van der Waals surface area (Å²) in [7, 11) is -3.12. The Morgan fingerprint density at radius 2 is 1.92 bits per heavy atom. The molecule has 140 valence electrons. The molecule has 1 aromatic rings. The van der Waals surface area contributed by atoms with Crippen molar-refractivity contribution in [2.75, 3.05) is 11.5 Å². The third-order valence-corrected chi connectivity index (χ3v) is 7.70. The molecule has 1 aromatic carbocycles. The van der Waals surface area contributed by atoms with Crippen LogP contribution in [0.25, 0.3) is 0 Å². The number of fused-ring (bicyclic) bond motifs is 1. The number of carbonyl (C=O) groups is 2. The smallest absolute Gasteiger partial charge is 0.248 e. The normalized spacial score (nSPS) is 25.4. The molecule has 2 fully saturated rings. The van der Waals surface area contributed by atoms with Gasteiger partial charge >= 0.3 is 0 Å². The van der Waals surface area contributed by atoms with Crippen LogP contribution in [-0.2, 0) is 26.0 Å². The minimum Gasteiger partial charge on any atom is -0.550 e. The van der Waals surface area contributed by atoms with Gasteiger partial charge in [0, 0.05) is 29.2 Å². The van der Waals surface area contributed by atoms with Crippen molar-refractivity contribution in [1.29, 1.82) is 0 Å². The lowest BCUT2D eigenvalue weighted by molar-refractivity contribution is -0.305. The molecule has 0 unspecified atom stereocenters. The average Bonchev–Trinajstić information content (AvgIpc) is 3.00. The molecule has 2 atom stereocenters. The minimum absolute atomic E-state index is 0.0184. The summed E-state index contributed by atoms with van der Waals surface area (Å²) < 4.78 is 23.9. The summed E-state index contributed by atoms with van der Waals surface area (Å²) in [5, 5.41) is 11.4. The highest BCUT2D eigenvalue weighted by atomic mass is 35.5. The van der Waals surface area contributed by atoms with Crippen LogP contribution in [0.3, 0.4) is 0 Å². The molecule has 0 aromatic heterocycles. The van der Waals surface area contributed by atoms with E-state index in [0.29, 0.717) is 16.7 Å². The number of nitrogens with zero attached hydrogens (tertiary/aromatic N) is 2. The molecule has 3 rings (SSSR count). The molecule has 0 aliphatic carbocycles. The summed E-state index contributed by atoms with van der Waals surface area (Å²) in [6, 6.07) is 6.89. The topological polar surface area (TPSA) is 107 Å². The van der Waals surface area contributed by atoms with Gasteiger partial charge in [0.05, 0.1) is 17.5 Å². The highest BCUT2D eigenvalue weighted by Crippen LogP contribution is 2.39. The Labute approximate surface area is 160 Å². The van der Waals surface area contributed by atoms with E-state index in [2.05, 4.69) is 4.99 Å². The number of halogens is 1.